The van der Waals surface area contributed by atoms with Crippen molar-refractivity contribution in [2.45, 2.75) is 33.2 Å². The van der Waals surface area contributed by atoms with Crippen LogP contribution in [0.15, 0.2) is 54.2 Å². The number of hydrogen-bond donors (Lipinski definition) is 2. The number of amides is 2. The summed E-state index contributed by atoms with van der Waals surface area (Å²) < 4.78 is 10.4. The average molecular weight is 410 g/mol. The van der Waals surface area contributed by atoms with Gasteiger partial charge in [-0.2, -0.15) is 0 Å². The zero-order valence-electron chi connectivity index (χ0n) is 17.5. The second kappa shape index (κ2) is 10.8. The average Bonchev–Trinajstić information content (AvgIpc) is 2.74. The molecule has 0 aromatic heterocycles. The highest BCUT2D eigenvalue weighted by Crippen LogP contribution is 2.29. The van der Waals surface area contributed by atoms with Gasteiger partial charge in [-0.1, -0.05) is 31.2 Å². The van der Waals surface area contributed by atoms with Crippen LogP contribution >= 0.6 is 0 Å². The van der Waals surface area contributed by atoms with E-state index < -0.39 is 17.8 Å². The summed E-state index contributed by atoms with van der Waals surface area (Å²) in [5.41, 5.74) is 1.11. The highest BCUT2D eigenvalue weighted by molar-refractivity contribution is 6.05. The topological polar surface area (TPSA) is 93.7 Å². The van der Waals surface area contributed by atoms with Crippen LogP contribution in [0.2, 0.25) is 0 Å². The molecule has 7 heteroatoms. The van der Waals surface area contributed by atoms with E-state index in [9.17, 15) is 14.4 Å². The van der Waals surface area contributed by atoms with Crippen molar-refractivity contribution in [3.63, 3.8) is 0 Å². The number of nitrogens with one attached hydrogen (secondary N) is 2. The number of benzene rings is 2. The van der Waals surface area contributed by atoms with Gasteiger partial charge in [0.1, 0.15) is 5.70 Å². The molecule has 2 rings (SSSR count). The number of methoxy groups -OCH3 is 1. The van der Waals surface area contributed by atoms with E-state index in [2.05, 4.69) is 10.6 Å². The van der Waals surface area contributed by atoms with Crippen molar-refractivity contribution in [2.75, 3.05) is 7.11 Å². The van der Waals surface area contributed by atoms with Crippen LogP contribution in [0.4, 0.5) is 0 Å². The Morgan fingerprint density at radius 1 is 1.07 bits per heavy atom. The zero-order valence-corrected chi connectivity index (χ0v) is 17.5. The van der Waals surface area contributed by atoms with Gasteiger partial charge in [0.05, 0.1) is 7.11 Å². The minimum Gasteiger partial charge on any atom is -0.493 e. The fourth-order valence-electron chi connectivity index (χ4n) is 2.53. The second-order valence-corrected chi connectivity index (χ2v) is 6.66. The third-order valence-corrected chi connectivity index (χ3v) is 4.27. The minimum absolute atomic E-state index is 0.0598. The maximum absolute atomic E-state index is 12.8. The molecule has 0 radical (unpaired) electrons. The van der Waals surface area contributed by atoms with E-state index in [1.54, 1.807) is 54.6 Å². The first-order valence-electron chi connectivity index (χ1n) is 9.59. The Labute approximate surface area is 176 Å². The zero-order chi connectivity index (χ0) is 22.1. The van der Waals surface area contributed by atoms with Crippen LogP contribution in [0.5, 0.6) is 11.5 Å². The third kappa shape index (κ3) is 6.48. The second-order valence-electron chi connectivity index (χ2n) is 6.66. The first kappa shape index (κ1) is 22.7. The quantitative estimate of drug-likeness (QED) is 0.396. The van der Waals surface area contributed by atoms with Gasteiger partial charge in [0.25, 0.3) is 11.8 Å². The molecule has 7 nitrogen and oxygen atoms in total. The molecule has 0 aliphatic heterocycles. The van der Waals surface area contributed by atoms with Crippen LogP contribution < -0.4 is 20.1 Å². The van der Waals surface area contributed by atoms with Crippen LogP contribution in [-0.2, 0) is 9.59 Å². The van der Waals surface area contributed by atoms with Gasteiger partial charge in [0.2, 0.25) is 0 Å². The molecule has 0 fully saturated rings. The summed E-state index contributed by atoms with van der Waals surface area (Å²) in [6.45, 7) is 5.13. The smallest absolute Gasteiger partial charge is 0.308 e. The lowest BCUT2D eigenvalue weighted by molar-refractivity contribution is -0.132. The van der Waals surface area contributed by atoms with E-state index in [4.69, 9.17) is 9.47 Å². The Bertz CT molecular complexity index is 938. The Hall–Kier alpha value is -3.61. The molecule has 0 heterocycles. The van der Waals surface area contributed by atoms with Gasteiger partial charge in [-0.15, -0.1) is 0 Å². The van der Waals surface area contributed by atoms with Gasteiger partial charge in [0, 0.05) is 18.5 Å². The van der Waals surface area contributed by atoms with E-state index in [1.807, 2.05) is 13.8 Å². The first-order chi connectivity index (χ1) is 14.3. The van der Waals surface area contributed by atoms with E-state index >= 15 is 0 Å². The van der Waals surface area contributed by atoms with E-state index in [-0.39, 0.29) is 17.5 Å². The lowest BCUT2D eigenvalue weighted by atomic mass is 10.1. The number of esters is 1. The van der Waals surface area contributed by atoms with Crippen molar-refractivity contribution in [1.29, 1.82) is 0 Å². The molecule has 158 valence electrons. The van der Waals surface area contributed by atoms with Crippen molar-refractivity contribution in [2.24, 2.45) is 0 Å². The molecule has 0 aliphatic carbocycles. The summed E-state index contributed by atoms with van der Waals surface area (Å²) >= 11 is 0. The molecule has 30 heavy (non-hydrogen) atoms. The lowest BCUT2D eigenvalue weighted by Gasteiger charge is -2.15. The molecule has 0 aliphatic rings. The summed E-state index contributed by atoms with van der Waals surface area (Å²) in [7, 11) is 1.45. The molecule has 1 unspecified atom stereocenters. The molecular weight excluding hydrogens is 384 g/mol. The first-order valence-corrected chi connectivity index (χ1v) is 9.59. The van der Waals surface area contributed by atoms with Crippen molar-refractivity contribution < 1.29 is 23.9 Å². The Balaban J connectivity index is 2.37. The molecule has 1 atom stereocenters. The van der Waals surface area contributed by atoms with Gasteiger partial charge >= 0.3 is 5.97 Å². The summed E-state index contributed by atoms with van der Waals surface area (Å²) in [5, 5.41) is 5.53. The molecular formula is C23H26N2O5. The molecule has 0 spiro atoms. The summed E-state index contributed by atoms with van der Waals surface area (Å²) in [5.74, 6) is -0.683. The molecule has 2 aromatic carbocycles. The van der Waals surface area contributed by atoms with Gasteiger partial charge in [-0.3, -0.25) is 14.4 Å². The fraction of sp³-hybridized carbons (Fsp3) is 0.261. The molecule has 2 amide bonds. The van der Waals surface area contributed by atoms with Gasteiger partial charge in [-0.25, -0.2) is 0 Å². The van der Waals surface area contributed by atoms with Crippen molar-refractivity contribution in [3.8, 4) is 11.5 Å². The molecule has 2 N–H and O–H groups in total. The number of carbonyl (C=O) groups is 3. The summed E-state index contributed by atoms with van der Waals surface area (Å²) in [6.07, 6.45) is 2.29. The van der Waals surface area contributed by atoms with Gasteiger partial charge in [0.15, 0.2) is 11.5 Å². The number of carbonyl (C=O) groups excluding carboxylic acids is 3. The minimum atomic E-state index is -0.472. The van der Waals surface area contributed by atoms with Crippen LogP contribution in [-0.4, -0.2) is 30.9 Å². The van der Waals surface area contributed by atoms with Crippen LogP contribution in [0.3, 0.4) is 0 Å². The van der Waals surface area contributed by atoms with Crippen molar-refractivity contribution >= 4 is 23.9 Å². The Kier molecular flexibility index (Phi) is 8.17. The highest BCUT2D eigenvalue weighted by Gasteiger charge is 2.17. The Morgan fingerprint density at radius 3 is 2.37 bits per heavy atom. The lowest BCUT2D eigenvalue weighted by Crippen LogP contribution is -2.38. The molecule has 0 saturated heterocycles. The maximum Gasteiger partial charge on any atom is 0.308 e. The van der Waals surface area contributed by atoms with Crippen LogP contribution in [0.25, 0.3) is 6.08 Å². The largest absolute Gasteiger partial charge is 0.493 e. The predicted octanol–water partition coefficient (Wildman–Crippen LogP) is 3.31. The van der Waals surface area contributed by atoms with Gasteiger partial charge in [-0.05, 0) is 49.2 Å². The summed E-state index contributed by atoms with van der Waals surface area (Å²) in [6, 6.07) is 13.4. The number of rotatable bonds is 8. The molecule has 0 saturated carbocycles. The van der Waals surface area contributed by atoms with Crippen molar-refractivity contribution in [1.82, 2.24) is 10.6 Å². The highest BCUT2D eigenvalue weighted by atomic mass is 16.6. The fourth-order valence-corrected chi connectivity index (χ4v) is 2.53. The van der Waals surface area contributed by atoms with Crippen molar-refractivity contribution in [3.05, 3.63) is 65.4 Å². The van der Waals surface area contributed by atoms with Crippen LogP contribution in [0.1, 0.15) is 43.1 Å². The van der Waals surface area contributed by atoms with Crippen LogP contribution in [0, 0.1) is 0 Å². The SMILES string of the molecule is CCC(C)NC(=O)/C(=C/c1ccc(OC(C)=O)c(OC)c1)NC(=O)c1ccccc1. The van der Waals surface area contributed by atoms with E-state index in [1.165, 1.54) is 14.0 Å². The Morgan fingerprint density at radius 2 is 1.77 bits per heavy atom. The monoisotopic (exact) mass is 410 g/mol. The van der Waals surface area contributed by atoms with Gasteiger partial charge < -0.3 is 20.1 Å². The normalized spacial score (nSPS) is 11.9. The molecule has 0 bridgehead atoms. The van der Waals surface area contributed by atoms with E-state index in [0.717, 1.165) is 6.42 Å². The third-order valence-electron chi connectivity index (χ3n) is 4.27. The number of ether oxygens (including phenoxy) is 2. The number of hydrogen-bond acceptors (Lipinski definition) is 5. The maximum atomic E-state index is 12.8. The summed E-state index contributed by atoms with van der Waals surface area (Å²) in [4.78, 5) is 36.6. The van der Waals surface area contributed by atoms with E-state index in [0.29, 0.717) is 16.9 Å². The standard InChI is InChI=1S/C23H26N2O5/c1-5-15(2)24-23(28)19(25-22(27)18-9-7-6-8-10-18)13-17-11-12-20(30-16(3)26)21(14-17)29-4/h6-15H,5H2,1-4H3,(H,24,28)(H,25,27)/b19-13-. The molecule has 2 aromatic rings. The predicted molar refractivity (Wildman–Crippen MR) is 114 cm³/mol.